The third-order valence-electron chi connectivity index (χ3n) is 5.55. The molecule has 0 bridgehead atoms. The number of ether oxygens (including phenoxy) is 1. The van der Waals surface area contributed by atoms with Gasteiger partial charge in [0.25, 0.3) is 6.47 Å². The predicted octanol–water partition coefficient (Wildman–Crippen LogP) is 6.33. The number of nitrogens with one attached hydrogen (secondary N) is 2. The van der Waals surface area contributed by atoms with Crippen molar-refractivity contribution in [3.8, 4) is 11.1 Å². The van der Waals surface area contributed by atoms with Gasteiger partial charge in [-0.15, -0.1) is 0 Å². The van der Waals surface area contributed by atoms with Crippen LogP contribution in [0.4, 0.5) is 24.7 Å². The summed E-state index contributed by atoms with van der Waals surface area (Å²) < 4.78 is 42.3. The largest absolute Gasteiger partial charge is 0.462 e. The Balaban J connectivity index is 0.000000454. The van der Waals surface area contributed by atoms with E-state index in [1.165, 1.54) is 24.5 Å². The molecule has 0 radical (unpaired) electrons. The highest BCUT2D eigenvalue weighted by molar-refractivity contribution is 5.65. The summed E-state index contributed by atoms with van der Waals surface area (Å²) in [6.45, 7) is 8.06. The van der Waals surface area contributed by atoms with Crippen LogP contribution in [-0.4, -0.2) is 35.1 Å². The Morgan fingerprint density at radius 1 is 0.917 bits per heavy atom. The summed E-state index contributed by atoms with van der Waals surface area (Å²) in [7, 11) is 0. The van der Waals surface area contributed by atoms with Gasteiger partial charge in [0.05, 0.1) is 11.9 Å². The van der Waals surface area contributed by atoms with Gasteiger partial charge in [0, 0.05) is 11.8 Å². The number of halogens is 3. The summed E-state index contributed by atoms with van der Waals surface area (Å²) in [5.41, 5.74) is 2.65. The van der Waals surface area contributed by atoms with Gasteiger partial charge in [-0.2, -0.15) is 13.2 Å². The molecular formula is C27H31F3N4O2. The van der Waals surface area contributed by atoms with Crippen molar-refractivity contribution in [2.75, 3.05) is 18.4 Å². The van der Waals surface area contributed by atoms with Gasteiger partial charge in [-0.3, -0.25) is 4.79 Å². The number of hydrogen-bond acceptors (Lipinski definition) is 6. The second kappa shape index (κ2) is 12.0. The number of hydrogen-bond donors (Lipinski definition) is 2. The van der Waals surface area contributed by atoms with E-state index in [-0.39, 0.29) is 5.60 Å². The Kier molecular flexibility index (Phi) is 9.03. The molecule has 1 saturated heterocycles. The molecule has 1 aromatic carbocycles. The third-order valence-corrected chi connectivity index (χ3v) is 5.55. The molecule has 6 nitrogen and oxygen atoms in total. The first-order valence-corrected chi connectivity index (χ1v) is 11.7. The van der Waals surface area contributed by atoms with Gasteiger partial charge in [-0.25, -0.2) is 9.97 Å². The minimum Gasteiger partial charge on any atom is -0.462 e. The van der Waals surface area contributed by atoms with Crippen LogP contribution < -0.4 is 10.6 Å². The van der Waals surface area contributed by atoms with Crippen molar-refractivity contribution < 1.29 is 22.7 Å². The van der Waals surface area contributed by atoms with Crippen molar-refractivity contribution in [2.45, 2.75) is 51.3 Å². The smallest absolute Gasteiger partial charge is 0.433 e. The molecule has 9 heteroatoms. The van der Waals surface area contributed by atoms with Gasteiger partial charge >= 0.3 is 6.18 Å². The number of rotatable bonds is 5. The van der Waals surface area contributed by atoms with Gasteiger partial charge in [0.15, 0.2) is 0 Å². The second-order valence-corrected chi connectivity index (χ2v) is 9.46. The van der Waals surface area contributed by atoms with Crippen LogP contribution in [0.5, 0.6) is 0 Å². The lowest BCUT2D eigenvalue weighted by atomic mass is 9.89. The predicted molar refractivity (Wildman–Crippen MR) is 134 cm³/mol. The van der Waals surface area contributed by atoms with Crippen LogP contribution in [0.15, 0.2) is 60.9 Å². The number of anilines is 2. The second-order valence-electron chi connectivity index (χ2n) is 9.46. The zero-order valence-electron chi connectivity index (χ0n) is 20.6. The van der Waals surface area contributed by atoms with Crippen LogP contribution >= 0.6 is 0 Å². The first-order chi connectivity index (χ1) is 17.0. The first kappa shape index (κ1) is 27.1. The van der Waals surface area contributed by atoms with Crippen LogP contribution in [0.1, 0.15) is 50.8 Å². The number of benzene rings is 1. The number of carbonyl (C=O) groups excluding carboxylic acids is 1. The lowest BCUT2D eigenvalue weighted by molar-refractivity contribution is -0.141. The summed E-state index contributed by atoms with van der Waals surface area (Å²) in [6.07, 6.45) is 0.791. The van der Waals surface area contributed by atoms with Crippen molar-refractivity contribution in [3.05, 3.63) is 72.2 Å². The van der Waals surface area contributed by atoms with Crippen LogP contribution in [0.25, 0.3) is 11.1 Å². The van der Waals surface area contributed by atoms with Crippen molar-refractivity contribution in [1.82, 2.24) is 15.3 Å². The van der Waals surface area contributed by atoms with Crippen molar-refractivity contribution in [2.24, 2.45) is 0 Å². The van der Waals surface area contributed by atoms with E-state index in [9.17, 15) is 18.0 Å². The number of pyridine rings is 2. The van der Waals surface area contributed by atoms with Crippen molar-refractivity contribution in [3.63, 3.8) is 0 Å². The van der Waals surface area contributed by atoms with Gasteiger partial charge in [-0.1, -0.05) is 24.3 Å². The molecule has 36 heavy (non-hydrogen) atoms. The lowest BCUT2D eigenvalue weighted by Crippen LogP contribution is -2.26. The maximum absolute atomic E-state index is 12.6. The van der Waals surface area contributed by atoms with Gasteiger partial charge in [0.1, 0.15) is 17.1 Å². The molecule has 0 aliphatic carbocycles. The molecule has 0 saturated carbocycles. The van der Waals surface area contributed by atoms with E-state index < -0.39 is 11.9 Å². The van der Waals surface area contributed by atoms with Crippen molar-refractivity contribution in [1.29, 1.82) is 0 Å². The fourth-order valence-corrected chi connectivity index (χ4v) is 3.67. The molecule has 4 rings (SSSR count). The van der Waals surface area contributed by atoms with E-state index in [4.69, 9.17) is 0 Å². The topological polar surface area (TPSA) is 76.1 Å². The molecule has 0 unspecified atom stereocenters. The van der Waals surface area contributed by atoms with Crippen molar-refractivity contribution >= 4 is 18.0 Å². The highest BCUT2D eigenvalue weighted by atomic mass is 19.4. The molecule has 0 amide bonds. The van der Waals surface area contributed by atoms with E-state index >= 15 is 0 Å². The Labute approximate surface area is 209 Å². The number of alkyl halides is 3. The molecule has 1 aliphatic heterocycles. The number of aromatic nitrogens is 2. The molecule has 0 spiro atoms. The number of piperidine rings is 1. The van der Waals surface area contributed by atoms with Crippen LogP contribution in [0.2, 0.25) is 0 Å². The minimum absolute atomic E-state index is 0.318. The van der Waals surface area contributed by atoms with E-state index in [0.717, 1.165) is 36.5 Å². The van der Waals surface area contributed by atoms with Gasteiger partial charge in [0.2, 0.25) is 0 Å². The van der Waals surface area contributed by atoms with Crippen LogP contribution in [-0.2, 0) is 15.7 Å². The van der Waals surface area contributed by atoms with E-state index in [1.807, 2.05) is 26.8 Å². The monoisotopic (exact) mass is 500 g/mol. The minimum atomic E-state index is -4.44. The lowest BCUT2D eigenvalue weighted by Gasteiger charge is -2.23. The highest BCUT2D eigenvalue weighted by Crippen LogP contribution is 2.29. The number of nitrogens with zero attached hydrogens (tertiary/aromatic N) is 2. The molecule has 1 aliphatic rings. The fourth-order valence-electron chi connectivity index (χ4n) is 3.67. The Morgan fingerprint density at radius 2 is 1.58 bits per heavy atom. The zero-order valence-corrected chi connectivity index (χ0v) is 20.6. The van der Waals surface area contributed by atoms with E-state index in [0.29, 0.717) is 23.9 Å². The summed E-state index contributed by atoms with van der Waals surface area (Å²) in [5, 5.41) is 6.35. The van der Waals surface area contributed by atoms with Gasteiger partial charge < -0.3 is 15.4 Å². The summed E-state index contributed by atoms with van der Waals surface area (Å²) in [6, 6.07) is 14.6. The Bertz CT molecular complexity index is 1090. The highest BCUT2D eigenvalue weighted by Gasteiger charge is 2.32. The molecule has 3 heterocycles. The van der Waals surface area contributed by atoms with Crippen LogP contribution in [0, 0.1) is 0 Å². The Morgan fingerprint density at radius 3 is 2.06 bits per heavy atom. The fraction of sp³-hybridized carbons (Fsp3) is 0.370. The van der Waals surface area contributed by atoms with E-state index in [1.54, 1.807) is 12.3 Å². The first-order valence-electron chi connectivity index (χ1n) is 11.7. The maximum atomic E-state index is 12.6. The summed E-state index contributed by atoms with van der Waals surface area (Å²) >= 11 is 0. The van der Waals surface area contributed by atoms with Crippen LogP contribution in [0.3, 0.4) is 0 Å². The number of carbonyl (C=O) groups is 1. The standard InChI is InChI=1S/C22H21F3N4.C5H10O2/c23-22(24,25)20-7-6-19(14-27-20)29-21-8-5-18(13-28-21)16-3-1-15(2-4-16)17-9-11-26-12-10-17;1-5(2,3)7-4-6/h1-8,13-14,17,26H,9-12H2,(H,28,29);4H,1-3H3. The third kappa shape index (κ3) is 8.34. The molecule has 3 aromatic rings. The molecular weight excluding hydrogens is 469 g/mol. The average molecular weight is 501 g/mol. The van der Waals surface area contributed by atoms with Gasteiger partial charge in [-0.05, 0) is 88.0 Å². The Hall–Kier alpha value is -3.46. The maximum Gasteiger partial charge on any atom is 0.433 e. The quantitative estimate of drug-likeness (QED) is 0.399. The molecule has 1 fully saturated rings. The summed E-state index contributed by atoms with van der Waals surface area (Å²) in [5.74, 6) is 1.16. The average Bonchev–Trinajstić information content (AvgIpc) is 2.85. The zero-order chi connectivity index (χ0) is 26.2. The molecule has 2 aromatic heterocycles. The molecule has 2 N–H and O–H groups in total. The molecule has 0 atom stereocenters. The normalized spacial score (nSPS) is 14.4. The van der Waals surface area contributed by atoms with E-state index in [2.05, 4.69) is 49.6 Å². The SMILES string of the molecule is CC(C)(C)OC=O.FC(F)(F)c1ccc(Nc2ccc(-c3ccc(C4CCNCC4)cc3)cn2)cn1. The molecule has 192 valence electrons. The summed E-state index contributed by atoms with van der Waals surface area (Å²) in [4.78, 5) is 17.4.